The number of halogens is 2. The van der Waals surface area contributed by atoms with Gasteiger partial charge in [0.25, 0.3) is 0 Å². The number of rotatable bonds is 6. The van der Waals surface area contributed by atoms with Crippen LogP contribution in [0.4, 0.5) is 8.78 Å². The summed E-state index contributed by atoms with van der Waals surface area (Å²) in [6, 6.07) is 2.97. The molecule has 0 radical (unpaired) electrons. The van der Waals surface area contributed by atoms with Crippen LogP contribution in [-0.2, 0) is 0 Å². The SMILES string of the molecule is CCCC1CCC(c2nnc(-c3ccc(OCC)c(F)c3F)s2)CC1. The molecule has 0 bridgehead atoms. The molecule has 1 heterocycles. The summed E-state index contributed by atoms with van der Waals surface area (Å²) in [6.45, 7) is 4.25. The first kappa shape index (κ1) is 18.2. The van der Waals surface area contributed by atoms with Gasteiger partial charge in [-0.25, -0.2) is 4.39 Å². The zero-order valence-corrected chi connectivity index (χ0v) is 15.5. The number of ether oxygens (including phenoxy) is 1. The van der Waals surface area contributed by atoms with E-state index in [9.17, 15) is 8.78 Å². The first-order valence-corrected chi connectivity index (χ1v) is 9.90. The van der Waals surface area contributed by atoms with Crippen LogP contribution in [0.1, 0.15) is 63.3 Å². The first-order valence-electron chi connectivity index (χ1n) is 9.08. The Balaban J connectivity index is 1.75. The average molecular weight is 366 g/mol. The van der Waals surface area contributed by atoms with Gasteiger partial charge in [0.1, 0.15) is 5.01 Å². The molecule has 6 heteroatoms. The predicted molar refractivity (Wildman–Crippen MR) is 96.0 cm³/mol. The van der Waals surface area contributed by atoms with E-state index in [1.54, 1.807) is 6.92 Å². The van der Waals surface area contributed by atoms with Crippen molar-refractivity contribution in [1.29, 1.82) is 0 Å². The zero-order valence-electron chi connectivity index (χ0n) is 14.7. The normalized spacial score (nSPS) is 20.6. The number of benzene rings is 1. The smallest absolute Gasteiger partial charge is 0.201 e. The zero-order chi connectivity index (χ0) is 17.8. The number of aromatic nitrogens is 2. The summed E-state index contributed by atoms with van der Waals surface area (Å²) in [5.74, 6) is -0.722. The minimum Gasteiger partial charge on any atom is -0.491 e. The van der Waals surface area contributed by atoms with E-state index in [2.05, 4.69) is 17.1 Å². The first-order chi connectivity index (χ1) is 12.1. The highest BCUT2D eigenvalue weighted by atomic mass is 32.1. The molecule has 1 fully saturated rings. The fraction of sp³-hybridized carbons (Fsp3) is 0.579. The summed E-state index contributed by atoms with van der Waals surface area (Å²) in [4.78, 5) is 0. The lowest BCUT2D eigenvalue weighted by Crippen LogP contribution is -2.13. The molecule has 1 aliphatic rings. The second-order valence-corrected chi connectivity index (χ2v) is 7.63. The van der Waals surface area contributed by atoms with Gasteiger partial charge in [0.05, 0.1) is 12.2 Å². The van der Waals surface area contributed by atoms with E-state index < -0.39 is 11.6 Å². The van der Waals surface area contributed by atoms with Gasteiger partial charge in [-0.3, -0.25) is 0 Å². The van der Waals surface area contributed by atoms with E-state index in [0.717, 1.165) is 23.8 Å². The molecule has 0 saturated heterocycles. The Morgan fingerprint density at radius 3 is 2.52 bits per heavy atom. The Morgan fingerprint density at radius 1 is 1.08 bits per heavy atom. The molecule has 25 heavy (non-hydrogen) atoms. The molecule has 136 valence electrons. The predicted octanol–water partition coefficient (Wildman–Crippen LogP) is 5.96. The van der Waals surface area contributed by atoms with E-state index in [1.165, 1.54) is 49.2 Å². The third kappa shape index (κ3) is 4.00. The molecule has 0 atom stereocenters. The standard InChI is InChI=1S/C19H24F2N2OS/c1-3-5-12-6-8-13(9-7-12)18-22-23-19(25-18)14-10-11-15(24-4-2)17(21)16(14)20/h10-13H,3-9H2,1-2H3. The van der Waals surface area contributed by atoms with E-state index in [0.29, 0.717) is 17.5 Å². The van der Waals surface area contributed by atoms with Crippen molar-refractivity contribution < 1.29 is 13.5 Å². The highest BCUT2D eigenvalue weighted by Crippen LogP contribution is 2.40. The quantitative estimate of drug-likeness (QED) is 0.633. The van der Waals surface area contributed by atoms with Crippen LogP contribution in [0, 0.1) is 17.6 Å². The van der Waals surface area contributed by atoms with E-state index in [1.807, 2.05) is 0 Å². The van der Waals surface area contributed by atoms with Crippen LogP contribution >= 0.6 is 11.3 Å². The molecule has 0 N–H and O–H groups in total. The molecule has 2 aromatic rings. The molecular weight excluding hydrogens is 342 g/mol. The van der Waals surface area contributed by atoms with Gasteiger partial charge < -0.3 is 4.74 Å². The van der Waals surface area contributed by atoms with Gasteiger partial charge >= 0.3 is 0 Å². The van der Waals surface area contributed by atoms with Gasteiger partial charge in [0, 0.05) is 5.92 Å². The van der Waals surface area contributed by atoms with Crippen molar-refractivity contribution in [3.63, 3.8) is 0 Å². The summed E-state index contributed by atoms with van der Waals surface area (Å²) in [6.07, 6.45) is 7.20. The topological polar surface area (TPSA) is 35.0 Å². The lowest BCUT2D eigenvalue weighted by molar-refractivity contribution is 0.307. The molecule has 0 amide bonds. The highest BCUT2D eigenvalue weighted by molar-refractivity contribution is 7.14. The lowest BCUT2D eigenvalue weighted by atomic mass is 9.80. The molecule has 1 aliphatic carbocycles. The van der Waals surface area contributed by atoms with Gasteiger partial charge in [0.15, 0.2) is 16.6 Å². The maximum absolute atomic E-state index is 14.3. The molecule has 3 nitrogen and oxygen atoms in total. The largest absolute Gasteiger partial charge is 0.491 e. The van der Waals surface area contributed by atoms with Crippen molar-refractivity contribution in [3.8, 4) is 16.3 Å². The third-order valence-electron chi connectivity index (χ3n) is 4.91. The second kappa shape index (κ2) is 8.21. The minimum atomic E-state index is -0.962. The van der Waals surface area contributed by atoms with Crippen molar-refractivity contribution in [2.75, 3.05) is 6.61 Å². The molecule has 0 spiro atoms. The second-order valence-electron chi connectivity index (χ2n) is 6.62. The monoisotopic (exact) mass is 366 g/mol. The summed E-state index contributed by atoms with van der Waals surface area (Å²) in [5, 5.41) is 9.76. The van der Waals surface area contributed by atoms with Crippen LogP contribution in [0.15, 0.2) is 12.1 Å². The van der Waals surface area contributed by atoms with Crippen LogP contribution in [0.3, 0.4) is 0 Å². The summed E-state index contributed by atoms with van der Waals surface area (Å²) >= 11 is 1.38. The number of hydrogen-bond acceptors (Lipinski definition) is 4. The highest BCUT2D eigenvalue weighted by Gasteiger charge is 2.26. The number of nitrogens with zero attached hydrogens (tertiary/aromatic N) is 2. The Morgan fingerprint density at radius 2 is 1.84 bits per heavy atom. The van der Waals surface area contributed by atoms with Crippen molar-refractivity contribution in [2.24, 2.45) is 5.92 Å². The van der Waals surface area contributed by atoms with Crippen LogP contribution < -0.4 is 4.74 Å². The fourth-order valence-electron chi connectivity index (χ4n) is 3.58. The summed E-state index contributed by atoms with van der Waals surface area (Å²) in [5.41, 5.74) is 0.157. The van der Waals surface area contributed by atoms with Crippen molar-refractivity contribution in [1.82, 2.24) is 10.2 Å². The third-order valence-corrected chi connectivity index (χ3v) is 6.03. The minimum absolute atomic E-state index is 0.0669. The van der Waals surface area contributed by atoms with Crippen molar-refractivity contribution in [2.45, 2.75) is 58.3 Å². The Hall–Kier alpha value is -1.56. The van der Waals surface area contributed by atoms with Crippen LogP contribution in [0.2, 0.25) is 0 Å². The van der Waals surface area contributed by atoms with Crippen molar-refractivity contribution >= 4 is 11.3 Å². The van der Waals surface area contributed by atoms with Crippen molar-refractivity contribution in [3.05, 3.63) is 28.8 Å². The van der Waals surface area contributed by atoms with E-state index in [4.69, 9.17) is 4.74 Å². The molecule has 1 saturated carbocycles. The molecule has 0 unspecified atom stereocenters. The molecule has 0 aliphatic heterocycles. The maximum atomic E-state index is 14.3. The Bertz CT molecular complexity index is 711. The average Bonchev–Trinajstić information content (AvgIpc) is 3.10. The summed E-state index contributed by atoms with van der Waals surface area (Å²) < 4.78 is 33.5. The van der Waals surface area contributed by atoms with Crippen LogP contribution in [0.5, 0.6) is 5.75 Å². The van der Waals surface area contributed by atoms with Gasteiger partial charge in [-0.05, 0) is 50.7 Å². The van der Waals surface area contributed by atoms with E-state index in [-0.39, 0.29) is 11.3 Å². The van der Waals surface area contributed by atoms with Gasteiger partial charge in [-0.15, -0.1) is 10.2 Å². The number of hydrogen-bond donors (Lipinski definition) is 0. The Labute approximate surface area is 151 Å². The summed E-state index contributed by atoms with van der Waals surface area (Å²) in [7, 11) is 0. The van der Waals surface area contributed by atoms with Gasteiger partial charge in [-0.1, -0.05) is 31.1 Å². The molecule has 3 rings (SSSR count). The molecule has 1 aromatic heterocycles. The van der Waals surface area contributed by atoms with E-state index >= 15 is 0 Å². The molecular formula is C19H24F2N2OS. The fourth-order valence-corrected chi connectivity index (χ4v) is 4.61. The lowest BCUT2D eigenvalue weighted by Gasteiger charge is -2.26. The Kier molecular flexibility index (Phi) is 5.99. The van der Waals surface area contributed by atoms with Gasteiger partial charge in [0.2, 0.25) is 5.82 Å². The maximum Gasteiger partial charge on any atom is 0.201 e. The van der Waals surface area contributed by atoms with Crippen LogP contribution in [-0.4, -0.2) is 16.8 Å². The molecule has 1 aromatic carbocycles. The van der Waals surface area contributed by atoms with Gasteiger partial charge in [-0.2, -0.15) is 4.39 Å². The van der Waals surface area contributed by atoms with Crippen LogP contribution in [0.25, 0.3) is 10.6 Å².